The first-order chi connectivity index (χ1) is 8.77. The van der Waals surface area contributed by atoms with Gasteiger partial charge in [-0.3, -0.25) is 9.13 Å². The predicted octanol–water partition coefficient (Wildman–Crippen LogP) is 1.77. The Hall–Kier alpha value is -1.55. The molecule has 0 radical (unpaired) electrons. The molecule has 1 aliphatic rings. The van der Waals surface area contributed by atoms with E-state index in [9.17, 15) is 4.79 Å². The number of rotatable bonds is 2. The monoisotopic (exact) mass is 246 g/mol. The minimum atomic E-state index is 0.0858. The van der Waals surface area contributed by atoms with E-state index >= 15 is 0 Å². The molecule has 0 bridgehead atoms. The highest BCUT2D eigenvalue weighted by molar-refractivity contribution is 5.75. The molecule has 0 spiro atoms. The molecule has 0 atom stereocenters. The molecule has 0 unspecified atom stereocenters. The van der Waals surface area contributed by atoms with Crippen LogP contribution >= 0.6 is 0 Å². The van der Waals surface area contributed by atoms with E-state index in [0.29, 0.717) is 5.92 Å². The predicted molar refractivity (Wildman–Crippen MR) is 70.7 cm³/mol. The van der Waals surface area contributed by atoms with Gasteiger partial charge in [0, 0.05) is 26.8 Å². The van der Waals surface area contributed by atoms with Crippen LogP contribution in [0.15, 0.2) is 29.1 Å². The van der Waals surface area contributed by atoms with Crippen LogP contribution in [-0.2, 0) is 18.3 Å². The zero-order valence-electron chi connectivity index (χ0n) is 10.6. The number of fused-ring (bicyclic) bond motifs is 1. The third kappa shape index (κ3) is 1.86. The molecule has 1 aliphatic heterocycles. The minimum absolute atomic E-state index is 0.0858. The Kier molecular flexibility index (Phi) is 2.96. The zero-order chi connectivity index (χ0) is 12.5. The maximum Gasteiger partial charge on any atom is 0.328 e. The number of ether oxygens (including phenoxy) is 1. The van der Waals surface area contributed by atoms with Gasteiger partial charge in [-0.2, -0.15) is 0 Å². The molecule has 0 saturated carbocycles. The second-order valence-electron chi connectivity index (χ2n) is 5.00. The molecule has 1 saturated heterocycles. The number of aromatic nitrogens is 2. The summed E-state index contributed by atoms with van der Waals surface area (Å²) in [5.74, 6) is 0.558. The van der Waals surface area contributed by atoms with E-state index in [1.165, 1.54) is 0 Å². The van der Waals surface area contributed by atoms with Crippen LogP contribution < -0.4 is 5.69 Å². The van der Waals surface area contributed by atoms with Crippen molar-refractivity contribution in [2.75, 3.05) is 13.2 Å². The van der Waals surface area contributed by atoms with Gasteiger partial charge >= 0.3 is 5.69 Å². The fraction of sp³-hybridized carbons (Fsp3) is 0.500. The second-order valence-corrected chi connectivity index (χ2v) is 5.00. The van der Waals surface area contributed by atoms with Gasteiger partial charge in [-0.05, 0) is 30.9 Å². The molecule has 1 aromatic heterocycles. The molecular weight excluding hydrogens is 228 g/mol. The Morgan fingerprint density at radius 3 is 2.61 bits per heavy atom. The largest absolute Gasteiger partial charge is 0.381 e. The molecule has 1 aromatic carbocycles. The molecule has 0 amide bonds. The SMILES string of the molecule is Cn1c(=O)n(CC2CCOCC2)c2ccccc21. The van der Waals surface area contributed by atoms with Crippen molar-refractivity contribution >= 4 is 11.0 Å². The summed E-state index contributed by atoms with van der Waals surface area (Å²) >= 11 is 0. The summed E-state index contributed by atoms with van der Waals surface area (Å²) in [5.41, 5.74) is 2.13. The van der Waals surface area contributed by atoms with Gasteiger partial charge in [0.25, 0.3) is 0 Å². The van der Waals surface area contributed by atoms with Gasteiger partial charge in [0.2, 0.25) is 0 Å². The summed E-state index contributed by atoms with van der Waals surface area (Å²) in [6.45, 7) is 2.46. The highest BCUT2D eigenvalue weighted by Gasteiger charge is 2.18. The van der Waals surface area contributed by atoms with Gasteiger partial charge in [0.05, 0.1) is 11.0 Å². The standard InChI is InChI=1S/C14H18N2O2/c1-15-12-4-2-3-5-13(12)16(14(15)17)10-11-6-8-18-9-7-11/h2-5,11H,6-10H2,1H3. The average Bonchev–Trinajstić information content (AvgIpc) is 2.66. The zero-order valence-corrected chi connectivity index (χ0v) is 10.6. The van der Waals surface area contributed by atoms with Crippen molar-refractivity contribution in [1.82, 2.24) is 9.13 Å². The normalized spacial score (nSPS) is 17.4. The first-order valence-corrected chi connectivity index (χ1v) is 6.49. The van der Waals surface area contributed by atoms with Crippen LogP contribution in [0.25, 0.3) is 11.0 Å². The van der Waals surface area contributed by atoms with Crippen LogP contribution in [0.2, 0.25) is 0 Å². The molecule has 4 heteroatoms. The van der Waals surface area contributed by atoms with Crippen LogP contribution in [0.1, 0.15) is 12.8 Å². The third-order valence-electron chi connectivity index (χ3n) is 3.83. The third-order valence-corrected chi connectivity index (χ3v) is 3.83. The first-order valence-electron chi connectivity index (χ1n) is 6.49. The van der Waals surface area contributed by atoms with Gasteiger partial charge in [-0.15, -0.1) is 0 Å². The molecule has 3 rings (SSSR count). The van der Waals surface area contributed by atoms with Gasteiger partial charge in [-0.25, -0.2) is 4.79 Å². The van der Waals surface area contributed by atoms with E-state index in [4.69, 9.17) is 4.74 Å². The van der Waals surface area contributed by atoms with Crippen LogP contribution in [0.5, 0.6) is 0 Å². The Bertz CT molecular complexity index is 606. The van der Waals surface area contributed by atoms with Crippen molar-refractivity contribution in [1.29, 1.82) is 0 Å². The van der Waals surface area contributed by atoms with Crippen molar-refractivity contribution in [2.24, 2.45) is 13.0 Å². The smallest absolute Gasteiger partial charge is 0.328 e. The molecule has 2 heterocycles. The lowest BCUT2D eigenvalue weighted by atomic mass is 10.0. The van der Waals surface area contributed by atoms with E-state index < -0.39 is 0 Å². The van der Waals surface area contributed by atoms with E-state index in [-0.39, 0.29) is 5.69 Å². The summed E-state index contributed by atoms with van der Waals surface area (Å²) < 4.78 is 9.01. The van der Waals surface area contributed by atoms with Crippen molar-refractivity contribution in [3.05, 3.63) is 34.7 Å². The first kappa shape index (κ1) is 11.5. The molecule has 0 aliphatic carbocycles. The van der Waals surface area contributed by atoms with Gasteiger partial charge in [-0.1, -0.05) is 12.1 Å². The molecule has 2 aromatic rings. The van der Waals surface area contributed by atoms with Crippen molar-refractivity contribution in [2.45, 2.75) is 19.4 Å². The Morgan fingerprint density at radius 2 is 1.89 bits per heavy atom. The topological polar surface area (TPSA) is 36.2 Å². The molecular formula is C14H18N2O2. The summed E-state index contributed by atoms with van der Waals surface area (Å²) in [5, 5.41) is 0. The quantitative estimate of drug-likeness (QED) is 0.809. The van der Waals surface area contributed by atoms with E-state index in [1.54, 1.807) is 4.57 Å². The lowest BCUT2D eigenvalue weighted by Gasteiger charge is -2.22. The molecule has 18 heavy (non-hydrogen) atoms. The lowest BCUT2D eigenvalue weighted by Crippen LogP contribution is -2.28. The highest BCUT2D eigenvalue weighted by Crippen LogP contribution is 2.19. The van der Waals surface area contributed by atoms with E-state index in [1.807, 2.05) is 35.9 Å². The van der Waals surface area contributed by atoms with Gasteiger partial charge in [0.15, 0.2) is 0 Å². The summed E-state index contributed by atoms with van der Waals surface area (Å²) in [6, 6.07) is 7.98. The maximum atomic E-state index is 12.3. The summed E-state index contributed by atoms with van der Waals surface area (Å²) in [7, 11) is 1.84. The Morgan fingerprint density at radius 1 is 1.22 bits per heavy atom. The number of imidazole rings is 1. The summed E-state index contributed by atoms with van der Waals surface area (Å²) in [6.07, 6.45) is 2.10. The number of nitrogens with zero attached hydrogens (tertiary/aromatic N) is 2. The van der Waals surface area contributed by atoms with Crippen LogP contribution in [0.3, 0.4) is 0 Å². The number of para-hydroxylation sites is 2. The van der Waals surface area contributed by atoms with Crippen LogP contribution in [0.4, 0.5) is 0 Å². The minimum Gasteiger partial charge on any atom is -0.381 e. The number of aryl methyl sites for hydroxylation is 1. The lowest BCUT2D eigenvalue weighted by molar-refractivity contribution is 0.0613. The Balaban J connectivity index is 2.00. The number of hydrogen-bond acceptors (Lipinski definition) is 2. The molecule has 4 nitrogen and oxygen atoms in total. The number of benzene rings is 1. The molecule has 1 fully saturated rings. The Labute approximate surface area is 106 Å². The van der Waals surface area contributed by atoms with Gasteiger partial charge < -0.3 is 4.74 Å². The van der Waals surface area contributed by atoms with Crippen LogP contribution in [-0.4, -0.2) is 22.3 Å². The van der Waals surface area contributed by atoms with Gasteiger partial charge in [0.1, 0.15) is 0 Å². The molecule has 96 valence electrons. The fourth-order valence-electron chi connectivity index (χ4n) is 2.73. The average molecular weight is 246 g/mol. The van der Waals surface area contributed by atoms with E-state index in [2.05, 4.69) is 0 Å². The maximum absolute atomic E-state index is 12.3. The summed E-state index contributed by atoms with van der Waals surface area (Å²) in [4.78, 5) is 12.3. The van der Waals surface area contributed by atoms with Crippen LogP contribution in [0, 0.1) is 5.92 Å². The number of hydrogen-bond donors (Lipinski definition) is 0. The van der Waals surface area contributed by atoms with E-state index in [0.717, 1.165) is 43.6 Å². The highest BCUT2D eigenvalue weighted by atomic mass is 16.5. The van der Waals surface area contributed by atoms with Crippen molar-refractivity contribution in [3.8, 4) is 0 Å². The van der Waals surface area contributed by atoms with Crippen molar-refractivity contribution < 1.29 is 4.74 Å². The molecule has 0 N–H and O–H groups in total. The fourth-order valence-corrected chi connectivity index (χ4v) is 2.73. The van der Waals surface area contributed by atoms with Crippen molar-refractivity contribution in [3.63, 3.8) is 0 Å². The second kappa shape index (κ2) is 4.61.